The van der Waals surface area contributed by atoms with E-state index in [0.29, 0.717) is 6.61 Å². The predicted octanol–water partition coefficient (Wildman–Crippen LogP) is 3.06. The van der Waals surface area contributed by atoms with Crippen molar-refractivity contribution in [2.75, 3.05) is 12.4 Å². The highest BCUT2D eigenvalue weighted by Crippen LogP contribution is 2.34. The van der Waals surface area contributed by atoms with Crippen LogP contribution in [-0.2, 0) is 9.53 Å². The minimum absolute atomic E-state index is 0.300. The topological polar surface area (TPSA) is 44.1 Å². The fourth-order valence-corrected chi connectivity index (χ4v) is 3.03. The van der Waals surface area contributed by atoms with Crippen LogP contribution >= 0.6 is 11.8 Å². The van der Waals surface area contributed by atoms with Gasteiger partial charge in [-0.2, -0.15) is 0 Å². The number of carbonyl (C=O) groups excluding carboxylic acids is 1. The van der Waals surface area contributed by atoms with Crippen LogP contribution in [0.5, 0.6) is 0 Å². The molecular formula is C15H14N2O2S. The standard InChI is InChI=1S/C15H14N2O2S/c1-2-19-14(18)8-12-10-20-15-16-13(9-17(12)15)11-6-4-3-5-7-11/h3-9H,2,10H2,1H3/b12-8+. The molecule has 4 nitrogen and oxygen atoms in total. The smallest absolute Gasteiger partial charge is 0.332 e. The van der Waals surface area contributed by atoms with Crippen molar-refractivity contribution in [2.45, 2.75) is 12.1 Å². The number of ether oxygens (including phenoxy) is 1. The van der Waals surface area contributed by atoms with E-state index < -0.39 is 0 Å². The van der Waals surface area contributed by atoms with Gasteiger partial charge >= 0.3 is 5.97 Å². The molecule has 1 aromatic heterocycles. The van der Waals surface area contributed by atoms with Crippen LogP contribution < -0.4 is 0 Å². The van der Waals surface area contributed by atoms with E-state index in [1.165, 1.54) is 0 Å². The minimum atomic E-state index is -0.300. The molecule has 0 saturated carbocycles. The molecule has 2 aromatic rings. The van der Waals surface area contributed by atoms with Crippen LogP contribution in [0, 0.1) is 0 Å². The first-order valence-electron chi connectivity index (χ1n) is 6.43. The maximum Gasteiger partial charge on any atom is 0.332 e. The second-order valence-electron chi connectivity index (χ2n) is 4.32. The number of hydrogen-bond donors (Lipinski definition) is 0. The lowest BCUT2D eigenvalue weighted by molar-refractivity contribution is -0.137. The number of thioether (sulfide) groups is 1. The fourth-order valence-electron chi connectivity index (χ4n) is 2.06. The number of fused-ring (bicyclic) bond motifs is 1. The summed E-state index contributed by atoms with van der Waals surface area (Å²) in [7, 11) is 0. The zero-order valence-corrected chi connectivity index (χ0v) is 11.9. The summed E-state index contributed by atoms with van der Waals surface area (Å²) in [5.74, 6) is 0.446. The summed E-state index contributed by atoms with van der Waals surface area (Å²) < 4.78 is 6.91. The van der Waals surface area contributed by atoms with Gasteiger partial charge in [0.2, 0.25) is 0 Å². The molecule has 20 heavy (non-hydrogen) atoms. The third-order valence-corrected chi connectivity index (χ3v) is 3.96. The Morgan fingerprint density at radius 3 is 3.00 bits per heavy atom. The van der Waals surface area contributed by atoms with Crippen LogP contribution in [0.2, 0.25) is 0 Å². The van der Waals surface area contributed by atoms with Gasteiger partial charge in [-0.3, -0.25) is 4.57 Å². The van der Waals surface area contributed by atoms with E-state index in [2.05, 4.69) is 4.98 Å². The molecule has 2 heterocycles. The van der Waals surface area contributed by atoms with Crippen LogP contribution in [-0.4, -0.2) is 27.9 Å². The average Bonchev–Trinajstić information content (AvgIpc) is 3.02. The Labute approximate surface area is 121 Å². The summed E-state index contributed by atoms with van der Waals surface area (Å²) >= 11 is 1.63. The lowest BCUT2D eigenvalue weighted by atomic mass is 10.2. The number of aromatic nitrogens is 2. The average molecular weight is 286 g/mol. The molecule has 0 spiro atoms. The molecule has 0 N–H and O–H groups in total. The number of carbonyl (C=O) groups is 1. The van der Waals surface area contributed by atoms with E-state index in [0.717, 1.165) is 27.9 Å². The Morgan fingerprint density at radius 2 is 2.25 bits per heavy atom. The van der Waals surface area contributed by atoms with Gasteiger partial charge in [-0.25, -0.2) is 9.78 Å². The van der Waals surface area contributed by atoms with Gasteiger partial charge < -0.3 is 4.74 Å². The Bertz CT molecular complexity index is 662. The molecule has 0 aliphatic carbocycles. The van der Waals surface area contributed by atoms with E-state index >= 15 is 0 Å². The summed E-state index contributed by atoms with van der Waals surface area (Å²) in [4.78, 5) is 16.1. The number of hydrogen-bond acceptors (Lipinski definition) is 4. The molecule has 5 heteroatoms. The monoisotopic (exact) mass is 286 g/mol. The molecule has 1 aromatic carbocycles. The van der Waals surface area contributed by atoms with E-state index in [9.17, 15) is 4.79 Å². The maximum absolute atomic E-state index is 11.5. The first-order valence-corrected chi connectivity index (χ1v) is 7.42. The van der Waals surface area contributed by atoms with Gasteiger partial charge in [0, 0.05) is 29.3 Å². The van der Waals surface area contributed by atoms with Gasteiger partial charge in [0.25, 0.3) is 0 Å². The van der Waals surface area contributed by atoms with Crippen LogP contribution in [0.15, 0.2) is 47.8 Å². The van der Waals surface area contributed by atoms with Crippen molar-refractivity contribution in [2.24, 2.45) is 0 Å². The van der Waals surface area contributed by atoms with E-state index in [1.54, 1.807) is 24.8 Å². The molecule has 3 rings (SSSR count). The first-order chi connectivity index (χ1) is 9.78. The summed E-state index contributed by atoms with van der Waals surface area (Å²) in [6.07, 6.45) is 3.51. The summed E-state index contributed by atoms with van der Waals surface area (Å²) in [6.45, 7) is 2.19. The predicted molar refractivity (Wildman–Crippen MR) is 79.3 cm³/mol. The van der Waals surface area contributed by atoms with Gasteiger partial charge in [0.15, 0.2) is 5.16 Å². The number of rotatable bonds is 3. The third-order valence-electron chi connectivity index (χ3n) is 2.97. The minimum Gasteiger partial charge on any atom is -0.463 e. The van der Waals surface area contributed by atoms with E-state index in [-0.39, 0.29) is 5.97 Å². The summed E-state index contributed by atoms with van der Waals surface area (Å²) in [5, 5.41) is 0.916. The molecule has 0 fully saturated rings. The lowest BCUT2D eigenvalue weighted by Crippen LogP contribution is -2.03. The highest BCUT2D eigenvalue weighted by molar-refractivity contribution is 7.99. The number of imidazole rings is 1. The zero-order valence-electron chi connectivity index (χ0n) is 11.1. The summed E-state index contributed by atoms with van der Waals surface area (Å²) in [5.41, 5.74) is 2.91. The van der Waals surface area contributed by atoms with Gasteiger partial charge in [-0.15, -0.1) is 0 Å². The SMILES string of the molecule is CCOC(=O)/C=C1\CSc2nc(-c3ccccc3)cn21. The number of nitrogens with zero attached hydrogens (tertiary/aromatic N) is 2. The molecule has 0 bridgehead atoms. The van der Waals surface area contributed by atoms with E-state index in [1.807, 2.05) is 41.1 Å². The van der Waals surface area contributed by atoms with Crippen molar-refractivity contribution in [1.29, 1.82) is 0 Å². The molecule has 1 aliphatic heterocycles. The van der Waals surface area contributed by atoms with Gasteiger partial charge in [0.1, 0.15) is 0 Å². The molecule has 0 atom stereocenters. The van der Waals surface area contributed by atoms with Crippen LogP contribution in [0.4, 0.5) is 0 Å². The zero-order chi connectivity index (χ0) is 13.9. The molecule has 0 amide bonds. The van der Waals surface area contributed by atoms with Gasteiger partial charge in [0.05, 0.1) is 12.3 Å². The Kier molecular flexibility index (Phi) is 3.60. The molecular weight excluding hydrogens is 272 g/mol. The molecule has 1 aliphatic rings. The number of esters is 1. The van der Waals surface area contributed by atoms with E-state index in [4.69, 9.17) is 4.74 Å². The normalized spacial score (nSPS) is 15.3. The molecule has 0 saturated heterocycles. The van der Waals surface area contributed by atoms with Crippen molar-refractivity contribution < 1.29 is 9.53 Å². The molecule has 0 radical (unpaired) electrons. The van der Waals surface area contributed by atoms with Crippen molar-refractivity contribution in [3.05, 3.63) is 42.6 Å². The highest BCUT2D eigenvalue weighted by atomic mass is 32.2. The van der Waals surface area contributed by atoms with Crippen molar-refractivity contribution in [3.63, 3.8) is 0 Å². The van der Waals surface area contributed by atoms with Crippen molar-refractivity contribution >= 4 is 23.4 Å². The Hall–Kier alpha value is -2.01. The van der Waals surface area contributed by atoms with Crippen molar-refractivity contribution in [3.8, 4) is 11.3 Å². The first kappa shape index (κ1) is 13.0. The number of benzene rings is 1. The van der Waals surface area contributed by atoms with Gasteiger partial charge in [-0.1, -0.05) is 42.1 Å². The Balaban J connectivity index is 1.91. The third kappa shape index (κ3) is 2.49. The van der Waals surface area contributed by atoms with Crippen LogP contribution in [0.1, 0.15) is 6.92 Å². The van der Waals surface area contributed by atoms with Gasteiger partial charge in [-0.05, 0) is 6.92 Å². The quantitative estimate of drug-likeness (QED) is 0.642. The highest BCUT2D eigenvalue weighted by Gasteiger charge is 2.21. The fraction of sp³-hybridized carbons (Fsp3) is 0.200. The maximum atomic E-state index is 11.5. The van der Waals surface area contributed by atoms with Crippen molar-refractivity contribution in [1.82, 2.24) is 9.55 Å². The second-order valence-corrected chi connectivity index (χ2v) is 5.26. The van der Waals surface area contributed by atoms with Crippen LogP contribution in [0.3, 0.4) is 0 Å². The summed E-state index contributed by atoms with van der Waals surface area (Å²) in [6, 6.07) is 10.0. The molecule has 102 valence electrons. The molecule has 0 unspecified atom stereocenters. The lowest BCUT2D eigenvalue weighted by Gasteiger charge is -2.01. The Morgan fingerprint density at radius 1 is 1.45 bits per heavy atom. The van der Waals surface area contributed by atoms with Crippen LogP contribution in [0.25, 0.3) is 17.0 Å². The largest absolute Gasteiger partial charge is 0.463 e. The second kappa shape index (κ2) is 5.54.